The van der Waals surface area contributed by atoms with Crippen LogP contribution in [0.5, 0.6) is 0 Å². The van der Waals surface area contributed by atoms with Crippen LogP contribution in [0, 0.1) is 0 Å². The topological polar surface area (TPSA) is 64.7 Å². The Hall–Kier alpha value is -14.0. The maximum absolute atomic E-state index is 6.26. The molecule has 0 aliphatic heterocycles. The summed E-state index contributed by atoms with van der Waals surface area (Å²) in [5.74, 6) is 0. The predicted molar refractivity (Wildman–Crippen MR) is 439 cm³/mol. The van der Waals surface area contributed by atoms with E-state index in [1.54, 1.807) is 0 Å². The van der Waals surface area contributed by atoms with Gasteiger partial charge in [-0.15, -0.1) is 0 Å². The predicted octanol–water partition coefficient (Wildman–Crippen LogP) is 26.3. The molecular formula is C101H62N4O. The minimum absolute atomic E-state index is 0.386. The van der Waals surface area contributed by atoms with Gasteiger partial charge in [0.15, 0.2) is 0 Å². The highest BCUT2D eigenvalue weighted by Crippen LogP contribution is 2.63. The third kappa shape index (κ3) is 9.64. The summed E-state index contributed by atoms with van der Waals surface area (Å²) < 4.78 is 6.26. The zero-order valence-electron chi connectivity index (χ0n) is 57.5. The van der Waals surface area contributed by atoms with E-state index in [0.717, 1.165) is 72.3 Å². The second-order valence-corrected chi connectivity index (χ2v) is 27.8. The molecule has 0 saturated carbocycles. The molecule has 5 aromatic heterocycles. The first-order chi connectivity index (χ1) is 52.6. The van der Waals surface area contributed by atoms with Crippen molar-refractivity contribution in [2.45, 2.75) is 5.41 Å². The number of pyridine rings is 4. The standard InChI is InChI=1S/C55H34N2.C46H28N2O/c1-2-12-36(13-3-1)53-44-17-4-5-18-45(44)54(46-26-22-37(32-47(46)53)35-28-30-56-31-29-35)39-24-27-52(57-34-39)38-23-25-43-42-16-8-11-21-50(42)55(51(43)33-38)48-19-9-6-14-40(48)41-15-7-10-20-49(41)55;1-2-8-30(9-3-1)45-36-12-6-7-13-37(36)46(38-17-14-33(25-41(38)45)29-20-22-47-23-21-29)35-15-18-42(48-28-35)34-16-19-43-39(26-34)40-24-31-10-4-5-11-32(31)27-44(40)49-43/h1-34H;1-28H. The molecule has 492 valence electrons. The maximum Gasteiger partial charge on any atom is 0.136 e. The number of benzene rings is 15. The number of hydrogen-bond donors (Lipinski definition) is 0. The first kappa shape index (κ1) is 60.7. The van der Waals surface area contributed by atoms with Gasteiger partial charge < -0.3 is 4.42 Å². The van der Waals surface area contributed by atoms with Gasteiger partial charge in [-0.25, -0.2) is 0 Å². The van der Waals surface area contributed by atoms with Gasteiger partial charge in [0.1, 0.15) is 11.2 Å². The molecule has 0 fully saturated rings. The smallest absolute Gasteiger partial charge is 0.136 e. The molecule has 5 heterocycles. The molecule has 0 bridgehead atoms. The van der Waals surface area contributed by atoms with E-state index < -0.39 is 0 Å². The highest BCUT2D eigenvalue weighted by atomic mass is 16.3. The summed E-state index contributed by atoms with van der Waals surface area (Å²) in [6.07, 6.45) is 11.5. The van der Waals surface area contributed by atoms with Crippen LogP contribution in [0.15, 0.2) is 381 Å². The Morgan fingerprint density at radius 3 is 1.06 bits per heavy atom. The van der Waals surface area contributed by atoms with Gasteiger partial charge in [0.05, 0.1) is 16.8 Å². The zero-order chi connectivity index (χ0) is 69.8. The number of rotatable bonds is 8. The number of fused-ring (bicyclic) bond motifs is 18. The van der Waals surface area contributed by atoms with Crippen LogP contribution >= 0.6 is 0 Å². The molecule has 0 N–H and O–H groups in total. The molecule has 0 amide bonds. The van der Waals surface area contributed by atoms with E-state index in [9.17, 15) is 0 Å². The summed E-state index contributed by atoms with van der Waals surface area (Å²) in [6.45, 7) is 0. The zero-order valence-corrected chi connectivity index (χ0v) is 57.5. The molecule has 5 heteroatoms. The van der Waals surface area contributed by atoms with Crippen LogP contribution in [0.1, 0.15) is 22.3 Å². The first-order valence-corrected chi connectivity index (χ1v) is 36.2. The van der Waals surface area contributed by atoms with Crippen LogP contribution in [0.3, 0.4) is 0 Å². The van der Waals surface area contributed by atoms with Crippen molar-refractivity contribution in [3.8, 4) is 112 Å². The van der Waals surface area contributed by atoms with Gasteiger partial charge in [0, 0.05) is 70.2 Å². The summed E-state index contributed by atoms with van der Waals surface area (Å²) in [5, 5.41) is 14.3. The summed E-state index contributed by atoms with van der Waals surface area (Å²) >= 11 is 0. The molecule has 1 spiro atoms. The van der Waals surface area contributed by atoms with E-state index in [1.165, 1.54) is 137 Å². The average Bonchev–Trinajstić information content (AvgIpc) is 1.50. The normalized spacial score (nSPS) is 12.4. The number of hydrogen-bond acceptors (Lipinski definition) is 5. The molecule has 0 saturated heterocycles. The third-order valence-electron chi connectivity index (χ3n) is 22.2. The van der Waals surface area contributed by atoms with Gasteiger partial charge in [-0.3, -0.25) is 19.9 Å². The van der Waals surface area contributed by atoms with E-state index in [-0.39, 0.29) is 5.41 Å². The van der Waals surface area contributed by atoms with Crippen LogP contribution in [-0.4, -0.2) is 19.9 Å². The molecule has 106 heavy (non-hydrogen) atoms. The van der Waals surface area contributed by atoms with Crippen LogP contribution in [0.25, 0.3) is 187 Å². The van der Waals surface area contributed by atoms with Gasteiger partial charge in [-0.1, -0.05) is 255 Å². The molecular weight excluding hydrogens is 1290 g/mol. The van der Waals surface area contributed by atoms with Crippen LogP contribution < -0.4 is 0 Å². The lowest BCUT2D eigenvalue weighted by molar-refractivity contribution is 0.669. The largest absolute Gasteiger partial charge is 0.456 e. The lowest BCUT2D eigenvalue weighted by atomic mass is 9.70. The summed E-state index contributed by atoms with van der Waals surface area (Å²) in [5.41, 5.74) is 30.1. The van der Waals surface area contributed by atoms with Crippen molar-refractivity contribution < 1.29 is 4.42 Å². The highest BCUT2D eigenvalue weighted by Gasteiger charge is 2.51. The first-order valence-electron chi connectivity index (χ1n) is 36.2. The van der Waals surface area contributed by atoms with E-state index in [1.807, 2.05) is 31.0 Å². The van der Waals surface area contributed by atoms with Gasteiger partial charge in [0.25, 0.3) is 0 Å². The molecule has 0 unspecified atom stereocenters. The van der Waals surface area contributed by atoms with E-state index >= 15 is 0 Å². The summed E-state index contributed by atoms with van der Waals surface area (Å²) in [4.78, 5) is 18.8. The number of aromatic nitrogens is 4. The lowest BCUT2D eigenvalue weighted by Gasteiger charge is -2.30. The monoisotopic (exact) mass is 1350 g/mol. The molecule has 15 aromatic carbocycles. The van der Waals surface area contributed by atoms with Crippen LogP contribution in [-0.2, 0) is 5.41 Å². The highest BCUT2D eigenvalue weighted by molar-refractivity contribution is 6.24. The fourth-order valence-corrected chi connectivity index (χ4v) is 17.6. The molecule has 5 nitrogen and oxygen atoms in total. The van der Waals surface area contributed by atoms with Crippen molar-refractivity contribution in [3.63, 3.8) is 0 Å². The molecule has 0 radical (unpaired) electrons. The number of nitrogens with zero attached hydrogens (tertiary/aromatic N) is 4. The minimum atomic E-state index is -0.386. The Labute approximate surface area is 612 Å². The van der Waals surface area contributed by atoms with Crippen molar-refractivity contribution in [1.29, 1.82) is 0 Å². The third-order valence-corrected chi connectivity index (χ3v) is 22.2. The Morgan fingerprint density at radius 1 is 0.208 bits per heavy atom. The molecule has 0 atom stereocenters. The quantitative estimate of drug-likeness (QED) is 0.142. The SMILES string of the molecule is c1ccc(-c2c3ccccc3c(-c3ccc(-c4ccc5c(c4)C4(c6ccccc6-c6ccccc64)c4ccccc4-5)nc3)c3ccc(-c4ccncc4)cc23)cc1.c1ccc(-c2c3ccccc3c(-c3ccc(-c4ccc5oc6cc7ccccc7cc6c5c4)nc3)c3ccc(-c4ccncc4)cc23)cc1. The fraction of sp³-hybridized carbons (Fsp3) is 0.00990. The van der Waals surface area contributed by atoms with Crippen molar-refractivity contribution in [1.82, 2.24) is 19.9 Å². The summed E-state index contributed by atoms with van der Waals surface area (Å²) in [7, 11) is 0. The molecule has 2 aliphatic carbocycles. The fourth-order valence-electron chi connectivity index (χ4n) is 17.6. The van der Waals surface area contributed by atoms with E-state index in [4.69, 9.17) is 14.4 Å². The van der Waals surface area contributed by atoms with E-state index in [0.29, 0.717) is 0 Å². The van der Waals surface area contributed by atoms with Gasteiger partial charge in [-0.2, -0.15) is 0 Å². The maximum atomic E-state index is 6.26. The summed E-state index contributed by atoms with van der Waals surface area (Å²) in [6, 6.07) is 123. The van der Waals surface area contributed by atoms with Gasteiger partial charge in [-0.05, 0) is 239 Å². The lowest BCUT2D eigenvalue weighted by Crippen LogP contribution is -2.25. The van der Waals surface area contributed by atoms with Crippen molar-refractivity contribution >= 4 is 75.8 Å². The number of furan rings is 1. The Kier molecular flexibility index (Phi) is 14.1. The Morgan fingerprint density at radius 2 is 0.575 bits per heavy atom. The van der Waals surface area contributed by atoms with Crippen molar-refractivity contribution in [2.75, 3.05) is 0 Å². The van der Waals surface area contributed by atoms with E-state index in [2.05, 4.69) is 356 Å². The molecule has 2 aliphatic rings. The second-order valence-electron chi connectivity index (χ2n) is 27.8. The van der Waals surface area contributed by atoms with Crippen LogP contribution in [0.2, 0.25) is 0 Å². The van der Waals surface area contributed by atoms with Gasteiger partial charge in [0.2, 0.25) is 0 Å². The van der Waals surface area contributed by atoms with Crippen LogP contribution in [0.4, 0.5) is 0 Å². The molecule has 20 aromatic rings. The average molecular weight is 1350 g/mol. The van der Waals surface area contributed by atoms with Crippen molar-refractivity contribution in [2.24, 2.45) is 0 Å². The Bertz CT molecular complexity index is 6850. The van der Waals surface area contributed by atoms with Crippen molar-refractivity contribution in [3.05, 3.63) is 399 Å². The van der Waals surface area contributed by atoms with Gasteiger partial charge >= 0.3 is 0 Å². The Balaban J connectivity index is 0.000000138. The molecule has 22 rings (SSSR count). The second kappa shape index (κ2) is 24.6. The minimum Gasteiger partial charge on any atom is -0.456 e.